The molecule has 6 heteroatoms. The van der Waals surface area contributed by atoms with E-state index in [1.54, 1.807) is 0 Å². The Morgan fingerprint density at radius 3 is 2.96 bits per heavy atom. The van der Waals surface area contributed by atoms with Gasteiger partial charge in [0.25, 0.3) is 0 Å². The largest absolute Gasteiger partial charge is 0.472 e. The minimum absolute atomic E-state index is 0.0239. The van der Waals surface area contributed by atoms with Crippen LogP contribution < -0.4 is 10.1 Å². The van der Waals surface area contributed by atoms with Gasteiger partial charge < -0.3 is 19.7 Å². The molecule has 0 radical (unpaired) electrons. The van der Waals surface area contributed by atoms with Gasteiger partial charge in [0.2, 0.25) is 11.8 Å². The Morgan fingerprint density at radius 1 is 1.46 bits per heavy atom. The number of aryl methyl sites for hydroxylation is 1. The Hall–Kier alpha value is -1.66. The fourth-order valence-electron chi connectivity index (χ4n) is 2.52. The van der Waals surface area contributed by atoms with E-state index in [4.69, 9.17) is 9.47 Å². The molecule has 0 aromatic carbocycles. The summed E-state index contributed by atoms with van der Waals surface area (Å²) in [6, 6.07) is 5.67. The zero-order valence-corrected chi connectivity index (χ0v) is 15.2. The number of nitrogens with one attached hydrogen (secondary N) is 1. The summed E-state index contributed by atoms with van der Waals surface area (Å²) in [5.41, 5.74) is 0.580. The summed E-state index contributed by atoms with van der Waals surface area (Å²) < 4.78 is 11.4. The van der Waals surface area contributed by atoms with Gasteiger partial charge in [-0.1, -0.05) is 6.07 Å². The predicted molar refractivity (Wildman–Crippen MR) is 93.2 cm³/mol. The molecule has 1 fully saturated rings. The van der Waals surface area contributed by atoms with Crippen LogP contribution in [-0.2, 0) is 16.0 Å². The van der Waals surface area contributed by atoms with Crippen molar-refractivity contribution in [3.63, 3.8) is 0 Å². The highest BCUT2D eigenvalue weighted by molar-refractivity contribution is 5.76. The predicted octanol–water partition coefficient (Wildman–Crippen LogP) is 1.64. The van der Waals surface area contributed by atoms with Gasteiger partial charge in [0, 0.05) is 37.8 Å². The van der Waals surface area contributed by atoms with E-state index in [0.29, 0.717) is 25.3 Å². The molecule has 1 unspecified atom stereocenters. The van der Waals surface area contributed by atoms with Gasteiger partial charge >= 0.3 is 0 Å². The lowest BCUT2D eigenvalue weighted by Gasteiger charge is -2.30. The van der Waals surface area contributed by atoms with Crippen molar-refractivity contribution in [3.8, 4) is 5.88 Å². The van der Waals surface area contributed by atoms with Crippen LogP contribution in [0.25, 0.3) is 0 Å². The molecule has 0 saturated carbocycles. The molecule has 1 aliphatic rings. The number of hydrogen-bond donors (Lipinski definition) is 1. The van der Waals surface area contributed by atoms with E-state index in [1.165, 1.54) is 0 Å². The van der Waals surface area contributed by atoms with Gasteiger partial charge in [-0.15, -0.1) is 0 Å². The third-order valence-electron chi connectivity index (χ3n) is 3.67. The second-order valence-electron chi connectivity index (χ2n) is 7.24. The van der Waals surface area contributed by atoms with Crippen molar-refractivity contribution in [2.75, 3.05) is 33.3 Å². The van der Waals surface area contributed by atoms with Gasteiger partial charge in [0.05, 0.1) is 12.7 Å². The van der Waals surface area contributed by atoms with E-state index in [2.05, 4.69) is 22.2 Å². The van der Waals surface area contributed by atoms with Crippen LogP contribution in [0.1, 0.15) is 32.9 Å². The summed E-state index contributed by atoms with van der Waals surface area (Å²) >= 11 is 0. The average molecular weight is 335 g/mol. The Balaban J connectivity index is 1.74. The van der Waals surface area contributed by atoms with Crippen molar-refractivity contribution in [1.82, 2.24) is 15.2 Å². The number of aromatic nitrogens is 1. The van der Waals surface area contributed by atoms with Crippen LogP contribution in [0.2, 0.25) is 0 Å². The highest BCUT2D eigenvalue weighted by Gasteiger charge is 2.18. The molecular formula is C18H29N3O3. The SMILES string of the molecule is CN1CCOC(CNC(=O)CCc2cccc(OC(C)(C)C)n2)C1. The molecule has 1 aromatic heterocycles. The topological polar surface area (TPSA) is 63.7 Å². The lowest BCUT2D eigenvalue weighted by atomic mass is 10.2. The van der Waals surface area contributed by atoms with E-state index in [0.717, 1.165) is 25.4 Å². The van der Waals surface area contributed by atoms with Crippen LogP contribution >= 0.6 is 0 Å². The van der Waals surface area contributed by atoms with E-state index in [9.17, 15) is 4.79 Å². The molecule has 134 valence electrons. The second kappa shape index (κ2) is 8.44. The fourth-order valence-corrected chi connectivity index (χ4v) is 2.52. The first-order valence-corrected chi connectivity index (χ1v) is 8.53. The van der Waals surface area contributed by atoms with Crippen LogP contribution in [0.4, 0.5) is 0 Å². The van der Waals surface area contributed by atoms with Crippen LogP contribution in [0.15, 0.2) is 18.2 Å². The molecule has 6 nitrogen and oxygen atoms in total. The molecule has 0 spiro atoms. The van der Waals surface area contributed by atoms with E-state index < -0.39 is 0 Å². The van der Waals surface area contributed by atoms with Crippen LogP contribution in [0, 0.1) is 0 Å². The lowest BCUT2D eigenvalue weighted by Crippen LogP contribution is -2.45. The molecular weight excluding hydrogens is 306 g/mol. The van der Waals surface area contributed by atoms with E-state index >= 15 is 0 Å². The van der Waals surface area contributed by atoms with Crippen LogP contribution in [0.3, 0.4) is 0 Å². The molecule has 1 atom stereocenters. The molecule has 1 aliphatic heterocycles. The zero-order valence-electron chi connectivity index (χ0n) is 15.2. The number of rotatable bonds is 6. The number of hydrogen-bond acceptors (Lipinski definition) is 5. The summed E-state index contributed by atoms with van der Waals surface area (Å²) in [5, 5.41) is 2.95. The number of amides is 1. The van der Waals surface area contributed by atoms with Crippen molar-refractivity contribution in [3.05, 3.63) is 23.9 Å². The Bertz CT molecular complexity index is 543. The Labute approximate surface area is 144 Å². The Morgan fingerprint density at radius 2 is 2.25 bits per heavy atom. The number of pyridine rings is 1. The minimum atomic E-state index is -0.282. The lowest BCUT2D eigenvalue weighted by molar-refractivity contribution is -0.122. The number of nitrogens with zero attached hydrogens (tertiary/aromatic N) is 2. The van der Waals surface area contributed by atoms with Gasteiger partial charge in [0.1, 0.15) is 5.60 Å². The smallest absolute Gasteiger partial charge is 0.220 e. The summed E-state index contributed by atoms with van der Waals surface area (Å²) in [4.78, 5) is 18.7. The van der Waals surface area contributed by atoms with Crippen molar-refractivity contribution in [1.29, 1.82) is 0 Å². The molecule has 1 amide bonds. The molecule has 1 aromatic rings. The maximum Gasteiger partial charge on any atom is 0.220 e. The minimum Gasteiger partial charge on any atom is -0.472 e. The summed E-state index contributed by atoms with van der Waals surface area (Å²) in [5.74, 6) is 0.620. The van der Waals surface area contributed by atoms with Crippen LogP contribution in [-0.4, -0.2) is 60.8 Å². The number of likely N-dealkylation sites (N-methyl/N-ethyl adjacent to an activating group) is 1. The summed E-state index contributed by atoms with van der Waals surface area (Å²) in [6.45, 7) is 9.04. The normalized spacial score (nSPS) is 19.1. The van der Waals surface area contributed by atoms with E-state index in [1.807, 2.05) is 39.0 Å². The molecule has 2 heterocycles. The Kier molecular flexibility index (Phi) is 6.57. The first-order chi connectivity index (χ1) is 11.3. The molecule has 0 bridgehead atoms. The third kappa shape index (κ3) is 6.84. The maximum atomic E-state index is 12.0. The molecule has 1 N–H and O–H groups in total. The zero-order chi connectivity index (χ0) is 17.6. The third-order valence-corrected chi connectivity index (χ3v) is 3.67. The van der Waals surface area contributed by atoms with Gasteiger partial charge in [-0.2, -0.15) is 0 Å². The summed E-state index contributed by atoms with van der Waals surface area (Å²) in [6.07, 6.45) is 1.09. The number of ether oxygens (including phenoxy) is 2. The highest BCUT2D eigenvalue weighted by Crippen LogP contribution is 2.16. The summed E-state index contributed by atoms with van der Waals surface area (Å²) in [7, 11) is 2.07. The van der Waals surface area contributed by atoms with Crippen molar-refractivity contribution in [2.45, 2.75) is 45.3 Å². The van der Waals surface area contributed by atoms with Crippen molar-refractivity contribution >= 4 is 5.91 Å². The monoisotopic (exact) mass is 335 g/mol. The number of carbonyl (C=O) groups excluding carboxylic acids is 1. The average Bonchev–Trinajstić information content (AvgIpc) is 2.50. The molecule has 24 heavy (non-hydrogen) atoms. The number of carbonyl (C=O) groups is 1. The highest BCUT2D eigenvalue weighted by atomic mass is 16.5. The fraction of sp³-hybridized carbons (Fsp3) is 0.667. The van der Waals surface area contributed by atoms with Gasteiger partial charge in [-0.05, 0) is 40.3 Å². The van der Waals surface area contributed by atoms with Crippen molar-refractivity contribution in [2.24, 2.45) is 0 Å². The molecule has 1 saturated heterocycles. The van der Waals surface area contributed by atoms with Gasteiger partial charge in [-0.3, -0.25) is 4.79 Å². The van der Waals surface area contributed by atoms with Gasteiger partial charge in [0.15, 0.2) is 0 Å². The maximum absolute atomic E-state index is 12.0. The first-order valence-electron chi connectivity index (χ1n) is 8.53. The second-order valence-corrected chi connectivity index (χ2v) is 7.24. The van der Waals surface area contributed by atoms with Gasteiger partial charge in [-0.25, -0.2) is 4.98 Å². The van der Waals surface area contributed by atoms with E-state index in [-0.39, 0.29) is 17.6 Å². The molecule has 2 rings (SSSR count). The molecule has 0 aliphatic carbocycles. The first kappa shape index (κ1) is 18.7. The van der Waals surface area contributed by atoms with Crippen LogP contribution in [0.5, 0.6) is 5.88 Å². The number of morpholine rings is 1. The van der Waals surface area contributed by atoms with Crippen molar-refractivity contribution < 1.29 is 14.3 Å². The standard InChI is InChI=1S/C18H29N3O3/c1-18(2,3)24-17-7-5-6-14(20-17)8-9-16(22)19-12-15-13-21(4)10-11-23-15/h5-7,15H,8-13H2,1-4H3,(H,19,22). The quantitative estimate of drug-likeness (QED) is 0.856.